The van der Waals surface area contributed by atoms with Crippen molar-refractivity contribution < 1.29 is 9.47 Å². The topological polar surface area (TPSA) is 62.2 Å². The van der Waals surface area contributed by atoms with Gasteiger partial charge in [-0.05, 0) is 43.2 Å². The summed E-state index contributed by atoms with van der Waals surface area (Å²) in [7, 11) is 7.37. The summed E-state index contributed by atoms with van der Waals surface area (Å²) in [5.41, 5.74) is 2.20. The maximum absolute atomic E-state index is 5.44. The van der Waals surface area contributed by atoms with Crippen molar-refractivity contribution in [3.05, 3.63) is 47.7 Å². The number of guanidine groups is 1. The van der Waals surface area contributed by atoms with Gasteiger partial charge in [0.15, 0.2) is 5.96 Å². The predicted octanol–water partition coefficient (Wildman–Crippen LogP) is 3.12. The molecule has 1 aromatic heterocycles. The highest BCUT2D eigenvalue weighted by Crippen LogP contribution is 2.33. The molecule has 162 valence electrons. The second-order valence-corrected chi connectivity index (χ2v) is 7.63. The van der Waals surface area contributed by atoms with E-state index in [2.05, 4.69) is 34.3 Å². The molecule has 0 radical (unpaired) electrons. The number of hydrogen-bond acceptors (Lipinski definition) is 5. The molecule has 0 amide bonds. The van der Waals surface area contributed by atoms with Crippen molar-refractivity contribution in [3.63, 3.8) is 0 Å². The van der Waals surface area contributed by atoms with Crippen LogP contribution in [0.2, 0.25) is 0 Å². The highest BCUT2D eigenvalue weighted by Gasteiger charge is 2.27. The third kappa shape index (κ3) is 5.34. The summed E-state index contributed by atoms with van der Waals surface area (Å²) in [5.74, 6) is 3.95. The van der Waals surface area contributed by atoms with Crippen molar-refractivity contribution >= 4 is 11.8 Å². The number of methoxy groups -OCH3 is 2. The van der Waals surface area contributed by atoms with Crippen LogP contribution in [0.3, 0.4) is 0 Å². The predicted molar refractivity (Wildman–Crippen MR) is 122 cm³/mol. The molecule has 0 spiro atoms. The molecule has 1 N–H and O–H groups in total. The third-order valence-electron chi connectivity index (χ3n) is 5.31. The second kappa shape index (κ2) is 10.2. The number of pyridine rings is 1. The van der Waals surface area contributed by atoms with Gasteiger partial charge in [0.25, 0.3) is 0 Å². The van der Waals surface area contributed by atoms with Gasteiger partial charge in [0.2, 0.25) is 0 Å². The number of ether oxygens (including phenoxy) is 2. The van der Waals surface area contributed by atoms with Crippen LogP contribution in [0, 0.1) is 0 Å². The van der Waals surface area contributed by atoms with Crippen LogP contribution in [0.15, 0.2) is 41.4 Å². The number of aliphatic imine (C=N–C) groups is 1. The molecule has 0 aliphatic carbocycles. The van der Waals surface area contributed by atoms with Crippen molar-refractivity contribution in [1.29, 1.82) is 0 Å². The van der Waals surface area contributed by atoms with Gasteiger partial charge in [0.05, 0.1) is 26.5 Å². The van der Waals surface area contributed by atoms with E-state index in [-0.39, 0.29) is 0 Å². The summed E-state index contributed by atoms with van der Waals surface area (Å²) in [4.78, 5) is 13.9. The van der Waals surface area contributed by atoms with Crippen LogP contribution in [0.25, 0.3) is 0 Å². The molecule has 7 nitrogen and oxygen atoms in total. The van der Waals surface area contributed by atoms with E-state index in [1.807, 2.05) is 43.3 Å². The van der Waals surface area contributed by atoms with Gasteiger partial charge in [-0.3, -0.25) is 0 Å². The Hall–Kier alpha value is -2.96. The van der Waals surface area contributed by atoms with Gasteiger partial charge in [-0.15, -0.1) is 0 Å². The number of benzene rings is 1. The summed E-state index contributed by atoms with van der Waals surface area (Å²) < 4.78 is 10.9. The first-order valence-electron chi connectivity index (χ1n) is 10.4. The van der Waals surface area contributed by atoms with E-state index >= 15 is 0 Å². The zero-order valence-electron chi connectivity index (χ0n) is 18.7. The van der Waals surface area contributed by atoms with E-state index in [1.54, 1.807) is 14.2 Å². The lowest BCUT2D eigenvalue weighted by Gasteiger charge is -2.22. The number of rotatable bonds is 7. The van der Waals surface area contributed by atoms with E-state index in [0.29, 0.717) is 12.5 Å². The van der Waals surface area contributed by atoms with E-state index < -0.39 is 0 Å². The number of aromatic nitrogens is 1. The number of anilines is 1. The minimum absolute atomic E-state index is 0.410. The van der Waals surface area contributed by atoms with Gasteiger partial charge in [0.1, 0.15) is 17.3 Å². The van der Waals surface area contributed by atoms with Crippen molar-refractivity contribution in [1.82, 2.24) is 15.2 Å². The zero-order valence-corrected chi connectivity index (χ0v) is 18.7. The van der Waals surface area contributed by atoms with Crippen molar-refractivity contribution in [2.24, 2.45) is 4.99 Å². The van der Waals surface area contributed by atoms with Gasteiger partial charge in [-0.25, -0.2) is 9.98 Å². The molecule has 2 aromatic rings. The molecule has 0 saturated carbocycles. The molecular formula is C23H33N5O2. The lowest BCUT2D eigenvalue weighted by molar-refractivity contribution is 0.392. The Balaban J connectivity index is 1.73. The Bertz CT molecular complexity index is 846. The van der Waals surface area contributed by atoms with Gasteiger partial charge >= 0.3 is 0 Å². The van der Waals surface area contributed by atoms with Crippen LogP contribution in [0.4, 0.5) is 5.82 Å². The SMILES string of the molecule is CCNC(=NCc1cccc(N(C)C)n1)N1CCC(c2cc(OC)cc(OC)c2)C1. The fourth-order valence-corrected chi connectivity index (χ4v) is 3.68. The highest BCUT2D eigenvalue weighted by atomic mass is 16.5. The van der Waals surface area contributed by atoms with E-state index in [1.165, 1.54) is 5.56 Å². The molecule has 30 heavy (non-hydrogen) atoms. The van der Waals surface area contributed by atoms with Crippen LogP contribution >= 0.6 is 0 Å². The maximum Gasteiger partial charge on any atom is 0.194 e. The maximum atomic E-state index is 5.44. The summed E-state index contributed by atoms with van der Waals surface area (Å²) in [6.07, 6.45) is 1.06. The van der Waals surface area contributed by atoms with Crippen molar-refractivity contribution in [2.75, 3.05) is 52.8 Å². The van der Waals surface area contributed by atoms with E-state index in [4.69, 9.17) is 14.5 Å². The normalized spacial score (nSPS) is 16.5. The Morgan fingerprint density at radius 3 is 2.57 bits per heavy atom. The average Bonchev–Trinajstić information content (AvgIpc) is 3.26. The second-order valence-electron chi connectivity index (χ2n) is 7.63. The third-order valence-corrected chi connectivity index (χ3v) is 5.31. The summed E-state index contributed by atoms with van der Waals surface area (Å²) in [6.45, 7) is 5.35. The molecule has 1 atom stereocenters. The van der Waals surface area contributed by atoms with Crippen LogP contribution in [0.1, 0.15) is 30.5 Å². The summed E-state index contributed by atoms with van der Waals surface area (Å²) in [6, 6.07) is 12.2. The standard InChI is InChI=1S/C23H33N5O2/c1-6-24-23(25-15-19-8-7-9-22(26-19)27(2)3)28-11-10-17(16-28)18-12-20(29-4)14-21(13-18)30-5/h7-9,12-14,17H,6,10-11,15-16H2,1-5H3,(H,24,25). The largest absolute Gasteiger partial charge is 0.497 e. The lowest BCUT2D eigenvalue weighted by Crippen LogP contribution is -2.40. The van der Waals surface area contributed by atoms with Crippen molar-refractivity contribution in [3.8, 4) is 11.5 Å². The number of nitrogens with one attached hydrogen (secondary N) is 1. The molecule has 2 heterocycles. The monoisotopic (exact) mass is 411 g/mol. The summed E-state index contributed by atoms with van der Waals surface area (Å²) in [5, 5.41) is 3.44. The van der Waals surface area contributed by atoms with Gasteiger partial charge in [-0.2, -0.15) is 0 Å². The lowest BCUT2D eigenvalue weighted by atomic mass is 9.98. The Kier molecular flexibility index (Phi) is 7.38. The number of likely N-dealkylation sites (tertiary alicyclic amines) is 1. The van der Waals surface area contributed by atoms with Gasteiger partial charge in [-0.1, -0.05) is 6.07 Å². The van der Waals surface area contributed by atoms with Gasteiger partial charge in [0, 0.05) is 45.7 Å². The molecule has 1 aromatic carbocycles. The first kappa shape index (κ1) is 21.7. The molecule has 3 rings (SSSR count). The van der Waals surface area contributed by atoms with Crippen LogP contribution < -0.4 is 19.7 Å². The minimum Gasteiger partial charge on any atom is -0.497 e. The minimum atomic E-state index is 0.410. The molecule has 1 aliphatic rings. The first-order valence-corrected chi connectivity index (χ1v) is 10.4. The molecule has 1 aliphatic heterocycles. The molecular weight excluding hydrogens is 378 g/mol. The first-order chi connectivity index (χ1) is 14.5. The van der Waals surface area contributed by atoms with Crippen LogP contribution in [0.5, 0.6) is 11.5 Å². The number of hydrogen-bond donors (Lipinski definition) is 1. The Morgan fingerprint density at radius 1 is 1.20 bits per heavy atom. The average molecular weight is 412 g/mol. The highest BCUT2D eigenvalue weighted by molar-refractivity contribution is 5.80. The zero-order chi connectivity index (χ0) is 21.5. The molecule has 1 unspecified atom stereocenters. The molecule has 7 heteroatoms. The summed E-state index contributed by atoms with van der Waals surface area (Å²) >= 11 is 0. The molecule has 0 bridgehead atoms. The molecule has 1 saturated heterocycles. The van der Waals surface area contributed by atoms with E-state index in [0.717, 1.165) is 55.0 Å². The van der Waals surface area contributed by atoms with Crippen molar-refractivity contribution in [2.45, 2.75) is 25.8 Å². The smallest absolute Gasteiger partial charge is 0.194 e. The van der Waals surface area contributed by atoms with Crippen LogP contribution in [-0.4, -0.2) is 63.8 Å². The Labute approximate surface area is 179 Å². The molecule has 1 fully saturated rings. The fourth-order valence-electron chi connectivity index (χ4n) is 3.68. The Morgan fingerprint density at radius 2 is 1.93 bits per heavy atom. The fraction of sp³-hybridized carbons (Fsp3) is 0.478. The van der Waals surface area contributed by atoms with E-state index in [9.17, 15) is 0 Å². The van der Waals surface area contributed by atoms with Crippen LogP contribution in [-0.2, 0) is 6.54 Å². The van der Waals surface area contributed by atoms with Gasteiger partial charge < -0.3 is 24.6 Å². The quantitative estimate of drug-likeness (QED) is 0.558. The number of nitrogens with zero attached hydrogens (tertiary/aromatic N) is 4.